The Labute approximate surface area is 175 Å². The molecule has 0 fully saturated rings. The molecule has 29 heavy (non-hydrogen) atoms. The normalized spacial score (nSPS) is 12.1. The largest absolute Gasteiger partial charge is 0.497 e. The van der Waals surface area contributed by atoms with Crippen LogP contribution < -0.4 is 10.1 Å². The molecule has 6 nitrogen and oxygen atoms in total. The third kappa shape index (κ3) is 4.98. The molecule has 0 spiro atoms. The number of carbonyl (C=O) groups excluding carboxylic acids is 1. The summed E-state index contributed by atoms with van der Waals surface area (Å²) >= 11 is 1.32. The molecule has 3 rings (SSSR count). The van der Waals surface area contributed by atoms with Gasteiger partial charge in [-0.1, -0.05) is 43.8 Å². The molecule has 2 N–H and O–H groups in total. The summed E-state index contributed by atoms with van der Waals surface area (Å²) in [6, 6.07) is 13.7. The maximum Gasteiger partial charge on any atom is 0.237 e. The summed E-state index contributed by atoms with van der Waals surface area (Å²) in [5.41, 5.74) is 3.99. The van der Waals surface area contributed by atoms with Gasteiger partial charge in [-0.3, -0.25) is 9.89 Å². The third-order valence-electron chi connectivity index (χ3n) is 4.65. The van der Waals surface area contributed by atoms with E-state index in [1.807, 2.05) is 50.2 Å². The fraction of sp³-hybridized carbons (Fsp3) is 0.318. The van der Waals surface area contributed by atoms with Gasteiger partial charge in [0.1, 0.15) is 5.75 Å². The summed E-state index contributed by atoms with van der Waals surface area (Å²) in [4.78, 5) is 17.3. The van der Waals surface area contributed by atoms with Gasteiger partial charge in [0.25, 0.3) is 0 Å². The monoisotopic (exact) mass is 410 g/mol. The van der Waals surface area contributed by atoms with Crippen molar-refractivity contribution in [3.8, 4) is 17.1 Å². The predicted molar refractivity (Wildman–Crippen MR) is 118 cm³/mol. The first-order chi connectivity index (χ1) is 13.9. The number of H-pyrrole nitrogens is 1. The van der Waals surface area contributed by atoms with Crippen molar-refractivity contribution in [2.24, 2.45) is 0 Å². The van der Waals surface area contributed by atoms with Crippen LogP contribution in [0.3, 0.4) is 0 Å². The smallest absolute Gasteiger partial charge is 0.237 e. The molecule has 0 aliphatic rings. The number of carbonyl (C=O) groups is 1. The Morgan fingerprint density at radius 2 is 1.86 bits per heavy atom. The number of nitrogens with one attached hydrogen (secondary N) is 2. The van der Waals surface area contributed by atoms with Gasteiger partial charge in [0.2, 0.25) is 11.1 Å². The van der Waals surface area contributed by atoms with Gasteiger partial charge in [0, 0.05) is 11.3 Å². The van der Waals surface area contributed by atoms with E-state index in [1.165, 1.54) is 11.8 Å². The van der Waals surface area contributed by atoms with E-state index in [4.69, 9.17) is 4.74 Å². The fourth-order valence-electron chi connectivity index (χ4n) is 2.96. The van der Waals surface area contributed by atoms with Crippen molar-refractivity contribution in [2.45, 2.75) is 44.0 Å². The van der Waals surface area contributed by atoms with Crippen molar-refractivity contribution in [3.05, 3.63) is 53.6 Å². The van der Waals surface area contributed by atoms with Crippen LogP contribution in [0.15, 0.2) is 47.6 Å². The number of amides is 1. The van der Waals surface area contributed by atoms with Crippen molar-refractivity contribution < 1.29 is 9.53 Å². The molecule has 0 radical (unpaired) electrons. The molecule has 1 heterocycles. The van der Waals surface area contributed by atoms with E-state index < -0.39 is 0 Å². The van der Waals surface area contributed by atoms with Crippen molar-refractivity contribution in [1.29, 1.82) is 0 Å². The average molecular weight is 411 g/mol. The van der Waals surface area contributed by atoms with E-state index in [2.05, 4.69) is 40.4 Å². The van der Waals surface area contributed by atoms with Crippen molar-refractivity contribution in [1.82, 2.24) is 15.2 Å². The fourth-order valence-corrected chi connectivity index (χ4v) is 3.68. The minimum atomic E-state index is -0.339. The highest BCUT2D eigenvalue weighted by Crippen LogP contribution is 2.29. The second-order valence-corrected chi connectivity index (χ2v) is 8.45. The molecule has 7 heteroatoms. The number of rotatable bonds is 7. The highest BCUT2D eigenvalue weighted by atomic mass is 32.2. The molecule has 152 valence electrons. The van der Waals surface area contributed by atoms with E-state index in [-0.39, 0.29) is 11.2 Å². The van der Waals surface area contributed by atoms with Crippen LogP contribution in [0, 0.1) is 6.92 Å². The van der Waals surface area contributed by atoms with Gasteiger partial charge in [0.15, 0.2) is 5.82 Å². The molecule has 1 amide bonds. The number of nitrogens with zero attached hydrogens (tertiary/aromatic N) is 2. The molecule has 0 saturated heterocycles. The summed E-state index contributed by atoms with van der Waals surface area (Å²) in [5.74, 6) is 1.70. The van der Waals surface area contributed by atoms with Crippen LogP contribution in [0.2, 0.25) is 0 Å². The number of anilines is 1. The van der Waals surface area contributed by atoms with Gasteiger partial charge in [-0.05, 0) is 55.2 Å². The Kier molecular flexibility index (Phi) is 6.59. The van der Waals surface area contributed by atoms with Crippen LogP contribution in [0.5, 0.6) is 5.75 Å². The zero-order chi connectivity index (χ0) is 21.0. The lowest BCUT2D eigenvalue weighted by Gasteiger charge is -2.18. The number of benzene rings is 2. The van der Waals surface area contributed by atoms with Gasteiger partial charge < -0.3 is 10.1 Å². The summed E-state index contributed by atoms with van der Waals surface area (Å²) in [5, 5.41) is 10.5. The minimum Gasteiger partial charge on any atom is -0.497 e. The van der Waals surface area contributed by atoms with Crippen LogP contribution in [0.1, 0.15) is 37.8 Å². The molecule has 0 aliphatic heterocycles. The number of aromatic nitrogens is 3. The Morgan fingerprint density at radius 3 is 2.52 bits per heavy atom. The lowest BCUT2D eigenvalue weighted by Crippen LogP contribution is -2.24. The number of methoxy groups -OCH3 is 1. The van der Waals surface area contributed by atoms with Crippen molar-refractivity contribution >= 4 is 23.4 Å². The average Bonchev–Trinajstić information content (AvgIpc) is 3.17. The van der Waals surface area contributed by atoms with E-state index >= 15 is 0 Å². The maximum atomic E-state index is 12.8. The Morgan fingerprint density at radius 1 is 1.14 bits per heavy atom. The summed E-state index contributed by atoms with van der Waals surface area (Å²) < 4.78 is 5.17. The van der Waals surface area contributed by atoms with E-state index in [1.54, 1.807) is 7.11 Å². The van der Waals surface area contributed by atoms with Crippen LogP contribution in [0.25, 0.3) is 11.4 Å². The topological polar surface area (TPSA) is 79.9 Å². The zero-order valence-electron chi connectivity index (χ0n) is 17.3. The summed E-state index contributed by atoms with van der Waals surface area (Å²) in [6.07, 6.45) is 0. The van der Waals surface area contributed by atoms with E-state index in [0.717, 1.165) is 28.1 Å². The first-order valence-corrected chi connectivity index (χ1v) is 10.4. The molecule has 0 aliphatic carbocycles. The number of aromatic amines is 1. The second-order valence-electron chi connectivity index (χ2n) is 7.14. The second kappa shape index (κ2) is 9.13. The Bertz CT molecular complexity index is 983. The molecule has 1 unspecified atom stereocenters. The van der Waals surface area contributed by atoms with Gasteiger partial charge in [-0.25, -0.2) is 4.98 Å². The minimum absolute atomic E-state index is 0.0676. The molecule has 3 aromatic rings. The Hall–Kier alpha value is -2.80. The number of aryl methyl sites for hydroxylation is 1. The van der Waals surface area contributed by atoms with E-state index in [9.17, 15) is 4.79 Å². The van der Waals surface area contributed by atoms with Gasteiger partial charge >= 0.3 is 0 Å². The number of para-hydroxylation sites is 1. The first kappa shape index (κ1) is 20.9. The molecule has 0 saturated carbocycles. The zero-order valence-corrected chi connectivity index (χ0v) is 18.1. The lowest BCUT2D eigenvalue weighted by atomic mass is 9.98. The first-order valence-electron chi connectivity index (χ1n) is 9.53. The highest BCUT2D eigenvalue weighted by molar-refractivity contribution is 8.00. The molecular weight excluding hydrogens is 384 g/mol. The van der Waals surface area contributed by atoms with E-state index in [0.29, 0.717) is 16.9 Å². The number of hydrogen-bond donors (Lipinski definition) is 2. The molecule has 1 aromatic heterocycles. The molecule has 2 aromatic carbocycles. The summed E-state index contributed by atoms with van der Waals surface area (Å²) in [7, 11) is 1.63. The lowest BCUT2D eigenvalue weighted by molar-refractivity contribution is -0.115. The van der Waals surface area contributed by atoms with Crippen molar-refractivity contribution in [3.63, 3.8) is 0 Å². The highest BCUT2D eigenvalue weighted by Gasteiger charge is 2.20. The quantitative estimate of drug-likeness (QED) is 0.534. The maximum absolute atomic E-state index is 12.8. The van der Waals surface area contributed by atoms with Crippen LogP contribution in [-0.2, 0) is 4.79 Å². The van der Waals surface area contributed by atoms with Crippen LogP contribution >= 0.6 is 11.8 Å². The van der Waals surface area contributed by atoms with Crippen molar-refractivity contribution in [2.75, 3.05) is 12.4 Å². The Balaban J connectivity index is 1.68. The van der Waals surface area contributed by atoms with Crippen LogP contribution in [-0.4, -0.2) is 33.4 Å². The standard InChI is InChI=1S/C22H26N4O2S/c1-13(2)18-8-6-7-14(3)19(18)23-21(27)15(4)29-22-24-20(25-26-22)16-9-11-17(28-5)12-10-16/h6-13,15H,1-5H3,(H,23,27)(H,24,25,26). The number of ether oxygens (including phenoxy) is 1. The number of thioether (sulfide) groups is 1. The third-order valence-corrected chi connectivity index (χ3v) is 5.62. The molecule has 0 bridgehead atoms. The van der Waals surface area contributed by atoms with Gasteiger partial charge in [0.05, 0.1) is 12.4 Å². The summed E-state index contributed by atoms with van der Waals surface area (Å²) in [6.45, 7) is 8.11. The predicted octanol–water partition coefficient (Wildman–Crippen LogP) is 5.03. The van der Waals surface area contributed by atoms with Gasteiger partial charge in [-0.2, -0.15) is 0 Å². The van der Waals surface area contributed by atoms with Crippen LogP contribution in [0.4, 0.5) is 5.69 Å². The molecule has 1 atom stereocenters. The number of hydrogen-bond acceptors (Lipinski definition) is 5. The SMILES string of the molecule is COc1ccc(-c2nc(SC(C)C(=O)Nc3c(C)cccc3C(C)C)n[nH]2)cc1. The van der Waals surface area contributed by atoms with Gasteiger partial charge in [-0.15, -0.1) is 5.10 Å². The molecular formula is C22H26N4O2S.